The molecular weight excluding hydrogens is 756 g/mol. The first-order valence-corrected chi connectivity index (χ1v) is 24.0. The second kappa shape index (κ2) is 12.9. The normalized spacial score (nSPS) is 19.2. The molecule has 2 aliphatic heterocycles. The van der Waals surface area contributed by atoms with Crippen LogP contribution in [-0.2, 0) is 32.5 Å². The topological polar surface area (TPSA) is 6.48 Å². The number of hydrogen-bond donors (Lipinski definition) is 0. The first-order chi connectivity index (χ1) is 28.4. The zero-order chi connectivity index (χ0) is 43.6. The Hall–Kier alpha value is -4.28. The van der Waals surface area contributed by atoms with Crippen molar-refractivity contribution in [3.05, 3.63) is 124 Å². The molecule has 5 aromatic carbocycles. The Morgan fingerprint density at radius 3 is 1.62 bits per heavy atom. The van der Waals surface area contributed by atoms with Crippen LogP contribution in [0.15, 0.2) is 84.9 Å². The molecule has 0 N–H and O–H groups in total. The van der Waals surface area contributed by atoms with E-state index in [1.54, 1.807) is 0 Å². The Morgan fingerprint density at radius 1 is 0.508 bits per heavy atom. The van der Waals surface area contributed by atoms with Gasteiger partial charge in [0, 0.05) is 43.3 Å². The molecule has 1 aromatic heterocycles. The quantitative estimate of drug-likeness (QED) is 0.160. The van der Waals surface area contributed by atoms with Crippen molar-refractivity contribution in [2.45, 2.75) is 162 Å². The highest BCUT2D eigenvalue weighted by molar-refractivity contribution is 7.33. The number of benzene rings is 5. The summed E-state index contributed by atoms with van der Waals surface area (Å²) in [5.41, 5.74) is 21.2. The van der Waals surface area contributed by atoms with Gasteiger partial charge in [-0.25, -0.2) is 0 Å². The lowest BCUT2D eigenvalue weighted by Crippen LogP contribution is -2.61. The van der Waals surface area contributed by atoms with Crippen molar-refractivity contribution in [1.82, 2.24) is 0 Å². The largest absolute Gasteiger partial charge is 0.311 e. The monoisotopic (exact) mass is 823 g/mol. The molecule has 0 unspecified atom stereocenters. The smallest absolute Gasteiger partial charge is 0.264 e. The summed E-state index contributed by atoms with van der Waals surface area (Å²) in [6.45, 7) is 36.3. The number of rotatable bonds is 2. The lowest BCUT2D eigenvalue weighted by molar-refractivity contribution is 0.332. The Labute approximate surface area is 371 Å². The van der Waals surface area contributed by atoms with E-state index < -0.39 is 0 Å². The lowest BCUT2D eigenvalue weighted by Gasteiger charge is -2.48. The van der Waals surface area contributed by atoms with Gasteiger partial charge in [0.25, 0.3) is 6.71 Å². The van der Waals surface area contributed by atoms with Crippen molar-refractivity contribution in [1.29, 1.82) is 0 Å². The fourth-order valence-electron chi connectivity index (χ4n) is 11.5. The molecule has 0 amide bonds. The van der Waals surface area contributed by atoms with E-state index in [9.17, 15) is 0 Å². The minimum atomic E-state index is -0.0773. The number of thiophene rings is 1. The number of aryl methyl sites for hydroxylation is 1. The number of hydrogen-bond acceptors (Lipinski definition) is 3. The summed E-state index contributed by atoms with van der Waals surface area (Å²) in [5, 5.41) is 1.36. The fraction of sp³-hybridized carbons (Fsp3) is 0.439. The van der Waals surface area contributed by atoms with E-state index >= 15 is 0 Å². The molecule has 2 nitrogen and oxygen atoms in total. The molecule has 0 spiro atoms. The lowest BCUT2D eigenvalue weighted by atomic mass is 9.35. The molecule has 3 heterocycles. The summed E-state index contributed by atoms with van der Waals surface area (Å²) < 4.78 is 2.82. The van der Waals surface area contributed by atoms with E-state index in [0.29, 0.717) is 0 Å². The summed E-state index contributed by atoms with van der Waals surface area (Å²) in [6.07, 6.45) is 4.79. The van der Waals surface area contributed by atoms with E-state index in [1.165, 1.54) is 125 Å². The summed E-state index contributed by atoms with van der Waals surface area (Å²) >= 11 is 2.02. The van der Waals surface area contributed by atoms with Crippen molar-refractivity contribution >= 4 is 78.0 Å². The third-order valence-corrected chi connectivity index (χ3v) is 17.0. The van der Waals surface area contributed by atoms with Crippen LogP contribution in [0.3, 0.4) is 0 Å². The summed E-state index contributed by atoms with van der Waals surface area (Å²) in [7, 11) is 0. The molecule has 314 valence electrons. The Kier molecular flexibility index (Phi) is 8.63. The fourth-order valence-corrected chi connectivity index (χ4v) is 12.8. The molecule has 0 saturated carbocycles. The standard InChI is InChI=1S/C57H67BN2S/c1-34-16-23-48-39(28-34)50-51(61-48)58-44-32-42-43(57(14,15)27-26-56(42,12)13)33-45(44)59(38-21-22-40-41(31-38)55(10,11)25-24-54(40,8)9)46-29-36(53(5,6)7)30-47(49(46)58)60(50)37-19-17-35(18-20-37)52(2,3)4/h16-23,28-33H,24-27H2,1-15H3. The average molecular weight is 823 g/mol. The molecule has 2 aliphatic carbocycles. The molecule has 4 heteroatoms. The third-order valence-electron chi connectivity index (χ3n) is 15.7. The molecule has 0 bridgehead atoms. The van der Waals surface area contributed by atoms with Crippen LogP contribution in [0, 0.1) is 6.92 Å². The Morgan fingerprint density at radius 2 is 1.03 bits per heavy atom. The third kappa shape index (κ3) is 6.15. The predicted molar refractivity (Wildman–Crippen MR) is 269 cm³/mol. The molecule has 0 saturated heterocycles. The van der Waals surface area contributed by atoms with Gasteiger partial charge in [0.1, 0.15) is 0 Å². The number of fused-ring (bicyclic) bond motifs is 8. The second-order valence-corrected chi connectivity index (χ2v) is 25.2. The van der Waals surface area contributed by atoms with Gasteiger partial charge in [-0.05, 0) is 164 Å². The molecule has 0 fully saturated rings. The summed E-state index contributed by atoms with van der Waals surface area (Å²) in [4.78, 5) is 5.39. The van der Waals surface area contributed by atoms with E-state index in [4.69, 9.17) is 0 Å². The highest BCUT2D eigenvalue weighted by Gasteiger charge is 2.49. The maximum absolute atomic E-state index is 2.72. The maximum Gasteiger partial charge on any atom is 0.264 e. The Balaban J connectivity index is 1.36. The van der Waals surface area contributed by atoms with E-state index in [1.807, 2.05) is 11.3 Å². The van der Waals surface area contributed by atoms with Crippen LogP contribution >= 0.6 is 11.3 Å². The van der Waals surface area contributed by atoms with Gasteiger partial charge >= 0.3 is 0 Å². The van der Waals surface area contributed by atoms with Gasteiger partial charge in [-0.1, -0.05) is 133 Å². The molecule has 6 aromatic rings. The van der Waals surface area contributed by atoms with Gasteiger partial charge in [-0.3, -0.25) is 0 Å². The molecule has 4 aliphatic rings. The van der Waals surface area contributed by atoms with Crippen molar-refractivity contribution in [2.24, 2.45) is 0 Å². The van der Waals surface area contributed by atoms with Crippen LogP contribution in [0.4, 0.5) is 34.1 Å². The first-order valence-electron chi connectivity index (χ1n) is 23.1. The van der Waals surface area contributed by atoms with Gasteiger partial charge in [0.05, 0.1) is 5.69 Å². The Bertz CT molecular complexity index is 2800. The number of nitrogens with zero attached hydrogens (tertiary/aromatic N) is 2. The minimum absolute atomic E-state index is 0.0680. The predicted octanol–water partition coefficient (Wildman–Crippen LogP) is 14.6. The highest BCUT2D eigenvalue weighted by Crippen LogP contribution is 2.54. The minimum Gasteiger partial charge on any atom is -0.311 e. The maximum atomic E-state index is 2.72. The summed E-state index contributed by atoms with van der Waals surface area (Å²) in [5.74, 6) is 0. The van der Waals surface area contributed by atoms with Gasteiger partial charge < -0.3 is 9.80 Å². The summed E-state index contributed by atoms with van der Waals surface area (Å²) in [6, 6.07) is 34.7. The van der Waals surface area contributed by atoms with E-state index in [2.05, 4.69) is 199 Å². The van der Waals surface area contributed by atoms with Crippen molar-refractivity contribution in [3.8, 4) is 0 Å². The van der Waals surface area contributed by atoms with Crippen LogP contribution < -0.4 is 25.5 Å². The molecule has 0 radical (unpaired) electrons. The second-order valence-electron chi connectivity index (χ2n) is 24.1. The first kappa shape index (κ1) is 40.8. The molecule has 10 rings (SSSR count). The average Bonchev–Trinajstić information content (AvgIpc) is 3.55. The van der Waals surface area contributed by atoms with Crippen molar-refractivity contribution < 1.29 is 0 Å². The van der Waals surface area contributed by atoms with E-state index in [-0.39, 0.29) is 39.2 Å². The zero-order valence-electron chi connectivity index (χ0n) is 39.8. The van der Waals surface area contributed by atoms with Gasteiger partial charge in [-0.15, -0.1) is 11.3 Å². The van der Waals surface area contributed by atoms with Crippen molar-refractivity contribution in [2.75, 3.05) is 9.80 Å². The van der Waals surface area contributed by atoms with Crippen LogP contribution in [0.25, 0.3) is 10.1 Å². The van der Waals surface area contributed by atoms with Crippen LogP contribution in [0.5, 0.6) is 0 Å². The van der Waals surface area contributed by atoms with Crippen LogP contribution in [0.1, 0.15) is 162 Å². The zero-order valence-corrected chi connectivity index (χ0v) is 40.6. The van der Waals surface area contributed by atoms with Gasteiger partial charge in [0.15, 0.2) is 0 Å². The van der Waals surface area contributed by atoms with Gasteiger partial charge in [0.2, 0.25) is 0 Å². The molecular formula is C57H67BN2S. The van der Waals surface area contributed by atoms with Crippen LogP contribution in [0.2, 0.25) is 0 Å². The highest BCUT2D eigenvalue weighted by atomic mass is 32.1. The molecule has 61 heavy (non-hydrogen) atoms. The van der Waals surface area contributed by atoms with Crippen LogP contribution in [-0.4, -0.2) is 6.71 Å². The number of anilines is 6. The van der Waals surface area contributed by atoms with Crippen molar-refractivity contribution in [3.63, 3.8) is 0 Å². The van der Waals surface area contributed by atoms with Gasteiger partial charge in [-0.2, -0.15) is 0 Å². The SMILES string of the molecule is Cc1ccc2sc3c(c2c1)N(c1ccc(C(C)(C)C)cc1)c1cc(C(C)(C)C)cc2c1B3c1cc3c(cc1N2c1ccc2c(c1)C(C)(C)CCC2(C)C)C(C)(C)CCC3(C)C. The molecule has 0 atom stereocenters. The van der Waals surface area contributed by atoms with E-state index in [0.717, 1.165) is 0 Å².